The van der Waals surface area contributed by atoms with Gasteiger partial charge >= 0.3 is 0 Å². The molecule has 22 heavy (non-hydrogen) atoms. The third-order valence-corrected chi connectivity index (χ3v) is 4.74. The Morgan fingerprint density at radius 2 is 2.09 bits per heavy atom. The van der Waals surface area contributed by atoms with Crippen molar-refractivity contribution in [2.45, 2.75) is 32.2 Å². The molecule has 0 saturated heterocycles. The van der Waals surface area contributed by atoms with Gasteiger partial charge in [-0.15, -0.1) is 0 Å². The van der Waals surface area contributed by atoms with Crippen LogP contribution in [-0.2, 0) is 17.8 Å². The van der Waals surface area contributed by atoms with Crippen molar-refractivity contribution in [2.24, 2.45) is 5.92 Å². The minimum atomic E-state index is 0.263. The van der Waals surface area contributed by atoms with Crippen LogP contribution in [0.1, 0.15) is 30.5 Å². The molecule has 0 bridgehead atoms. The van der Waals surface area contributed by atoms with E-state index in [1.807, 2.05) is 35.2 Å². The van der Waals surface area contributed by atoms with E-state index < -0.39 is 0 Å². The third kappa shape index (κ3) is 2.36. The number of nitrogens with zero attached hydrogens (tertiary/aromatic N) is 2. The number of para-hydroxylation sites is 1. The molecule has 0 spiro atoms. The minimum Gasteiger partial charge on any atom is -0.338 e. The summed E-state index contributed by atoms with van der Waals surface area (Å²) in [5.41, 5.74) is 3.29. The van der Waals surface area contributed by atoms with Gasteiger partial charge < -0.3 is 10.2 Å². The summed E-state index contributed by atoms with van der Waals surface area (Å²) in [7, 11) is 0. The van der Waals surface area contributed by atoms with Gasteiger partial charge in [0.2, 0.25) is 5.91 Å². The van der Waals surface area contributed by atoms with Crippen molar-refractivity contribution in [3.05, 3.63) is 41.6 Å². The van der Waals surface area contributed by atoms with Crippen molar-refractivity contribution in [3.8, 4) is 0 Å². The highest BCUT2D eigenvalue weighted by Gasteiger charge is 2.32. The fourth-order valence-corrected chi connectivity index (χ4v) is 3.16. The van der Waals surface area contributed by atoms with Crippen molar-refractivity contribution in [1.29, 1.82) is 0 Å². The maximum absolute atomic E-state index is 12.5. The summed E-state index contributed by atoms with van der Waals surface area (Å²) in [4.78, 5) is 14.5. The second kappa shape index (κ2) is 5.48. The highest BCUT2D eigenvalue weighted by molar-refractivity contribution is 5.80. The first-order valence-electron chi connectivity index (χ1n) is 7.98. The number of hydrogen-bond acceptors (Lipinski definition) is 3. The summed E-state index contributed by atoms with van der Waals surface area (Å²) in [5, 5.41) is 10.9. The van der Waals surface area contributed by atoms with Gasteiger partial charge in [-0.3, -0.25) is 9.89 Å². The standard InChI is InChI=1S/C17H20N4O/c22-17(12-5-4-6-12)21-10-9-15-14(11-21)16(20-19-15)18-13-7-2-1-3-8-13/h1-3,7-8,12H,4-6,9-11H2,(H2,18,19,20). The van der Waals surface area contributed by atoms with Gasteiger partial charge in [0.15, 0.2) is 5.82 Å². The normalized spacial score (nSPS) is 17.7. The molecular formula is C17H20N4O. The lowest BCUT2D eigenvalue weighted by Gasteiger charge is -2.33. The van der Waals surface area contributed by atoms with Gasteiger partial charge in [-0.05, 0) is 25.0 Å². The van der Waals surface area contributed by atoms with Crippen molar-refractivity contribution >= 4 is 17.4 Å². The van der Waals surface area contributed by atoms with E-state index in [-0.39, 0.29) is 5.92 Å². The second-order valence-electron chi connectivity index (χ2n) is 6.16. The predicted molar refractivity (Wildman–Crippen MR) is 84.8 cm³/mol. The Labute approximate surface area is 129 Å². The third-order valence-electron chi connectivity index (χ3n) is 4.74. The molecule has 4 rings (SSSR count). The predicted octanol–water partition coefficient (Wildman–Crippen LogP) is 2.84. The fourth-order valence-electron chi connectivity index (χ4n) is 3.16. The average Bonchev–Trinajstić information content (AvgIpc) is 2.89. The van der Waals surface area contributed by atoms with E-state index >= 15 is 0 Å². The van der Waals surface area contributed by atoms with E-state index in [1.54, 1.807) is 0 Å². The first kappa shape index (κ1) is 13.4. The largest absolute Gasteiger partial charge is 0.338 e. The molecule has 1 saturated carbocycles. The molecule has 1 aliphatic carbocycles. The Balaban J connectivity index is 1.53. The van der Waals surface area contributed by atoms with Gasteiger partial charge in [-0.1, -0.05) is 24.6 Å². The van der Waals surface area contributed by atoms with Crippen molar-refractivity contribution < 1.29 is 4.79 Å². The van der Waals surface area contributed by atoms with Crippen LogP contribution in [0.4, 0.5) is 11.5 Å². The maximum atomic E-state index is 12.5. The van der Waals surface area contributed by atoms with Crippen LogP contribution in [0.25, 0.3) is 0 Å². The van der Waals surface area contributed by atoms with Crippen molar-refractivity contribution in [2.75, 3.05) is 11.9 Å². The lowest BCUT2D eigenvalue weighted by molar-refractivity contribution is -0.139. The summed E-state index contributed by atoms with van der Waals surface area (Å²) in [5.74, 6) is 1.43. The summed E-state index contributed by atoms with van der Waals surface area (Å²) in [6.07, 6.45) is 4.17. The molecule has 1 aromatic heterocycles. The molecule has 1 aromatic carbocycles. The molecule has 114 valence electrons. The van der Waals surface area contributed by atoms with E-state index in [9.17, 15) is 4.79 Å². The van der Waals surface area contributed by atoms with Crippen LogP contribution in [0.15, 0.2) is 30.3 Å². The molecule has 2 aromatic rings. The summed E-state index contributed by atoms with van der Waals surface area (Å²) < 4.78 is 0. The highest BCUT2D eigenvalue weighted by atomic mass is 16.2. The number of hydrogen-bond donors (Lipinski definition) is 2. The van der Waals surface area contributed by atoms with Gasteiger partial charge in [0.05, 0.1) is 6.54 Å². The van der Waals surface area contributed by atoms with E-state index in [0.717, 1.165) is 48.6 Å². The second-order valence-corrected chi connectivity index (χ2v) is 6.16. The number of rotatable bonds is 3. The number of amides is 1. The molecule has 0 atom stereocenters. The zero-order chi connectivity index (χ0) is 14.9. The maximum Gasteiger partial charge on any atom is 0.225 e. The number of aromatic amines is 1. The summed E-state index contributed by atoms with van der Waals surface area (Å²) >= 11 is 0. The van der Waals surface area contributed by atoms with Gasteiger partial charge in [0.1, 0.15) is 0 Å². The van der Waals surface area contributed by atoms with Crippen molar-refractivity contribution in [3.63, 3.8) is 0 Å². The van der Waals surface area contributed by atoms with E-state index in [0.29, 0.717) is 12.5 Å². The smallest absolute Gasteiger partial charge is 0.225 e. The van der Waals surface area contributed by atoms with E-state index in [1.165, 1.54) is 6.42 Å². The molecule has 2 aliphatic rings. The Morgan fingerprint density at radius 1 is 1.27 bits per heavy atom. The quantitative estimate of drug-likeness (QED) is 0.915. The number of nitrogens with one attached hydrogen (secondary N) is 2. The first-order valence-corrected chi connectivity index (χ1v) is 7.98. The van der Waals surface area contributed by atoms with Crippen LogP contribution in [0.5, 0.6) is 0 Å². The highest BCUT2D eigenvalue weighted by Crippen LogP contribution is 2.32. The number of benzene rings is 1. The monoisotopic (exact) mass is 296 g/mol. The molecular weight excluding hydrogens is 276 g/mol. The molecule has 5 heteroatoms. The van der Waals surface area contributed by atoms with Crippen LogP contribution < -0.4 is 5.32 Å². The fraction of sp³-hybridized carbons (Fsp3) is 0.412. The van der Waals surface area contributed by atoms with Crippen LogP contribution in [0.3, 0.4) is 0 Å². The first-order chi connectivity index (χ1) is 10.8. The molecule has 1 fully saturated rings. The van der Waals surface area contributed by atoms with Gasteiger partial charge in [0, 0.05) is 35.8 Å². The van der Waals surface area contributed by atoms with Gasteiger partial charge in [-0.25, -0.2) is 0 Å². The molecule has 2 heterocycles. The molecule has 5 nitrogen and oxygen atoms in total. The van der Waals surface area contributed by atoms with E-state index in [2.05, 4.69) is 15.5 Å². The number of fused-ring (bicyclic) bond motifs is 1. The Kier molecular flexibility index (Phi) is 3.33. The van der Waals surface area contributed by atoms with Crippen LogP contribution in [0, 0.1) is 5.92 Å². The molecule has 2 N–H and O–H groups in total. The lowest BCUT2D eigenvalue weighted by atomic mass is 9.84. The van der Waals surface area contributed by atoms with E-state index in [4.69, 9.17) is 0 Å². The molecule has 1 amide bonds. The van der Waals surface area contributed by atoms with Gasteiger partial charge in [-0.2, -0.15) is 5.10 Å². The van der Waals surface area contributed by atoms with Gasteiger partial charge in [0.25, 0.3) is 0 Å². The van der Waals surface area contributed by atoms with Crippen LogP contribution in [-0.4, -0.2) is 27.5 Å². The number of anilines is 2. The zero-order valence-corrected chi connectivity index (χ0v) is 12.5. The Hall–Kier alpha value is -2.30. The Bertz CT molecular complexity index is 675. The molecule has 0 unspecified atom stereocenters. The van der Waals surface area contributed by atoms with Crippen LogP contribution >= 0.6 is 0 Å². The van der Waals surface area contributed by atoms with Crippen molar-refractivity contribution in [1.82, 2.24) is 15.1 Å². The summed E-state index contributed by atoms with van der Waals surface area (Å²) in [6, 6.07) is 10.0. The summed E-state index contributed by atoms with van der Waals surface area (Å²) in [6.45, 7) is 1.46. The Morgan fingerprint density at radius 3 is 2.82 bits per heavy atom. The SMILES string of the molecule is O=C(C1CCC1)N1CCc2[nH]nc(Nc3ccccc3)c2C1. The topological polar surface area (TPSA) is 61.0 Å². The minimum absolute atomic E-state index is 0.263. The lowest BCUT2D eigenvalue weighted by Crippen LogP contribution is -2.41. The number of carbonyl (C=O) groups is 1. The molecule has 0 radical (unpaired) electrons. The molecule has 1 aliphatic heterocycles. The number of H-pyrrole nitrogens is 1. The number of aromatic nitrogens is 2. The average molecular weight is 296 g/mol. The van der Waals surface area contributed by atoms with Crippen LogP contribution in [0.2, 0.25) is 0 Å². The number of carbonyl (C=O) groups excluding carboxylic acids is 1. The zero-order valence-electron chi connectivity index (χ0n) is 12.5.